The van der Waals surface area contributed by atoms with Crippen LogP contribution in [0.4, 0.5) is 11.6 Å². The van der Waals surface area contributed by atoms with Gasteiger partial charge in [0.1, 0.15) is 18.0 Å². The largest absolute Gasteiger partial charge is 0.367 e. The molecule has 1 saturated heterocycles. The van der Waals surface area contributed by atoms with Crippen LogP contribution in [0.5, 0.6) is 0 Å². The van der Waals surface area contributed by atoms with Gasteiger partial charge in [-0.1, -0.05) is 12.1 Å². The van der Waals surface area contributed by atoms with E-state index in [0.29, 0.717) is 6.04 Å². The Morgan fingerprint density at radius 3 is 2.62 bits per heavy atom. The monoisotopic (exact) mass is 320 g/mol. The molecule has 1 fully saturated rings. The minimum atomic E-state index is 0.434. The lowest BCUT2D eigenvalue weighted by molar-refractivity contribution is 0.522. The molecule has 0 radical (unpaired) electrons. The van der Waals surface area contributed by atoms with Gasteiger partial charge in [-0.05, 0) is 31.9 Å². The van der Waals surface area contributed by atoms with Gasteiger partial charge in [-0.2, -0.15) is 0 Å². The number of benzene rings is 1. The number of piperidine rings is 1. The summed E-state index contributed by atoms with van der Waals surface area (Å²) in [5, 5.41) is 3.51. The predicted octanol–water partition coefficient (Wildman–Crippen LogP) is 2.81. The van der Waals surface area contributed by atoms with E-state index < -0.39 is 0 Å². The molecule has 0 atom stereocenters. The molecule has 0 unspecified atom stereocenters. The van der Waals surface area contributed by atoms with E-state index in [2.05, 4.69) is 25.2 Å². The second kappa shape index (κ2) is 6.39. The number of aromatic nitrogens is 4. The summed E-state index contributed by atoms with van der Waals surface area (Å²) in [7, 11) is 0. The molecule has 24 heavy (non-hydrogen) atoms. The number of nitrogens with one attached hydrogen (secondary N) is 1. The van der Waals surface area contributed by atoms with E-state index in [1.165, 1.54) is 0 Å². The third-order valence-corrected chi connectivity index (χ3v) is 4.41. The van der Waals surface area contributed by atoms with Crippen LogP contribution in [0.25, 0.3) is 11.0 Å². The lowest BCUT2D eigenvalue weighted by atomic mass is 10.1. The SMILES string of the molecule is Cc1cc(NC2CCN(c3cnc4ccccc4n3)CC2)ncn1. The average Bonchev–Trinajstić information content (AvgIpc) is 2.62. The minimum Gasteiger partial charge on any atom is -0.367 e. The fraction of sp³-hybridized carbons (Fsp3) is 0.333. The molecule has 6 heteroatoms. The lowest BCUT2D eigenvalue weighted by Gasteiger charge is -2.33. The Kier molecular flexibility index (Phi) is 3.94. The number of aryl methyl sites for hydroxylation is 1. The summed E-state index contributed by atoms with van der Waals surface area (Å²) in [6.45, 7) is 3.91. The molecule has 122 valence electrons. The fourth-order valence-corrected chi connectivity index (χ4v) is 3.10. The van der Waals surface area contributed by atoms with Crippen LogP contribution in [0, 0.1) is 6.92 Å². The van der Waals surface area contributed by atoms with Crippen molar-refractivity contribution >= 4 is 22.7 Å². The summed E-state index contributed by atoms with van der Waals surface area (Å²) in [5.74, 6) is 1.87. The van der Waals surface area contributed by atoms with Crippen LogP contribution >= 0.6 is 0 Å². The molecule has 3 heterocycles. The number of anilines is 2. The third kappa shape index (κ3) is 3.13. The molecule has 0 saturated carbocycles. The summed E-state index contributed by atoms with van der Waals surface area (Å²) in [5.41, 5.74) is 2.88. The van der Waals surface area contributed by atoms with Crippen LogP contribution in [0.1, 0.15) is 18.5 Å². The van der Waals surface area contributed by atoms with Gasteiger partial charge >= 0.3 is 0 Å². The van der Waals surface area contributed by atoms with Gasteiger partial charge in [-0.25, -0.2) is 15.0 Å². The summed E-state index contributed by atoms with van der Waals surface area (Å²) in [6.07, 6.45) is 5.59. The molecule has 0 spiro atoms. The molecule has 4 rings (SSSR count). The maximum atomic E-state index is 4.74. The molecule has 6 nitrogen and oxygen atoms in total. The van der Waals surface area contributed by atoms with E-state index >= 15 is 0 Å². The van der Waals surface area contributed by atoms with Crippen molar-refractivity contribution in [2.75, 3.05) is 23.3 Å². The van der Waals surface area contributed by atoms with Crippen molar-refractivity contribution < 1.29 is 0 Å². The van der Waals surface area contributed by atoms with Crippen molar-refractivity contribution in [1.29, 1.82) is 0 Å². The van der Waals surface area contributed by atoms with E-state index in [-0.39, 0.29) is 0 Å². The molecule has 1 N–H and O–H groups in total. The van der Waals surface area contributed by atoms with Crippen LogP contribution in [-0.2, 0) is 0 Å². The maximum absolute atomic E-state index is 4.74. The number of para-hydroxylation sites is 2. The molecule has 3 aromatic rings. The highest BCUT2D eigenvalue weighted by Gasteiger charge is 2.20. The van der Waals surface area contributed by atoms with Crippen molar-refractivity contribution in [2.45, 2.75) is 25.8 Å². The zero-order valence-corrected chi connectivity index (χ0v) is 13.7. The number of fused-ring (bicyclic) bond motifs is 1. The van der Waals surface area contributed by atoms with Gasteiger partial charge in [0.15, 0.2) is 0 Å². The first-order valence-corrected chi connectivity index (χ1v) is 8.30. The molecule has 0 aliphatic carbocycles. The zero-order valence-electron chi connectivity index (χ0n) is 13.7. The smallest absolute Gasteiger partial charge is 0.147 e. The number of rotatable bonds is 3. The van der Waals surface area contributed by atoms with Gasteiger partial charge in [0.2, 0.25) is 0 Å². The fourth-order valence-electron chi connectivity index (χ4n) is 3.10. The Labute approximate surface area is 141 Å². The molecular weight excluding hydrogens is 300 g/mol. The van der Waals surface area contributed by atoms with Crippen LogP contribution in [0.2, 0.25) is 0 Å². The molecule has 0 amide bonds. The summed E-state index contributed by atoms with van der Waals surface area (Å²) >= 11 is 0. The molecule has 1 aliphatic heterocycles. The van der Waals surface area contributed by atoms with Crippen molar-refractivity contribution in [1.82, 2.24) is 19.9 Å². The van der Waals surface area contributed by atoms with E-state index in [1.54, 1.807) is 6.33 Å². The Hall–Kier alpha value is -2.76. The Bertz CT molecular complexity index is 842. The van der Waals surface area contributed by atoms with E-state index in [9.17, 15) is 0 Å². The lowest BCUT2D eigenvalue weighted by Crippen LogP contribution is -2.39. The Morgan fingerprint density at radius 2 is 1.83 bits per heavy atom. The first kappa shape index (κ1) is 14.8. The van der Waals surface area contributed by atoms with Gasteiger partial charge in [-0.15, -0.1) is 0 Å². The van der Waals surface area contributed by atoms with Crippen LogP contribution in [0.15, 0.2) is 42.9 Å². The number of hydrogen-bond donors (Lipinski definition) is 1. The second-order valence-electron chi connectivity index (χ2n) is 6.17. The van der Waals surface area contributed by atoms with Crippen LogP contribution in [-0.4, -0.2) is 39.1 Å². The zero-order chi connectivity index (χ0) is 16.4. The van der Waals surface area contributed by atoms with Crippen molar-refractivity contribution in [3.05, 3.63) is 48.5 Å². The third-order valence-electron chi connectivity index (χ3n) is 4.41. The maximum Gasteiger partial charge on any atom is 0.147 e. The first-order valence-electron chi connectivity index (χ1n) is 8.30. The highest BCUT2D eigenvalue weighted by atomic mass is 15.2. The van der Waals surface area contributed by atoms with Gasteiger partial charge in [-0.3, -0.25) is 4.98 Å². The van der Waals surface area contributed by atoms with Gasteiger partial charge < -0.3 is 10.2 Å². The summed E-state index contributed by atoms with van der Waals surface area (Å²) < 4.78 is 0. The molecule has 0 bridgehead atoms. The van der Waals surface area contributed by atoms with Crippen LogP contribution in [0.3, 0.4) is 0 Å². The van der Waals surface area contributed by atoms with Crippen molar-refractivity contribution in [3.8, 4) is 0 Å². The first-order chi connectivity index (χ1) is 11.8. The highest BCUT2D eigenvalue weighted by molar-refractivity contribution is 5.75. The molecule has 1 aromatic carbocycles. The Balaban J connectivity index is 1.41. The molecule has 1 aliphatic rings. The number of nitrogens with zero attached hydrogens (tertiary/aromatic N) is 5. The van der Waals surface area contributed by atoms with Gasteiger partial charge in [0.05, 0.1) is 17.2 Å². The van der Waals surface area contributed by atoms with Crippen molar-refractivity contribution in [2.24, 2.45) is 0 Å². The minimum absolute atomic E-state index is 0.434. The van der Waals surface area contributed by atoms with E-state index in [1.807, 2.05) is 43.5 Å². The number of hydrogen-bond acceptors (Lipinski definition) is 6. The summed E-state index contributed by atoms with van der Waals surface area (Å²) in [4.78, 5) is 20.0. The van der Waals surface area contributed by atoms with Crippen molar-refractivity contribution in [3.63, 3.8) is 0 Å². The highest BCUT2D eigenvalue weighted by Crippen LogP contribution is 2.21. The van der Waals surface area contributed by atoms with Crippen LogP contribution < -0.4 is 10.2 Å². The quantitative estimate of drug-likeness (QED) is 0.800. The van der Waals surface area contributed by atoms with Gasteiger partial charge in [0, 0.05) is 30.9 Å². The van der Waals surface area contributed by atoms with E-state index in [0.717, 1.165) is 54.3 Å². The predicted molar refractivity (Wildman–Crippen MR) is 95.2 cm³/mol. The second-order valence-corrected chi connectivity index (χ2v) is 6.17. The average molecular weight is 320 g/mol. The normalized spacial score (nSPS) is 15.6. The standard InChI is InChI=1S/C18H20N6/c1-13-10-17(21-12-20-13)22-14-6-8-24(9-7-14)18-11-19-15-4-2-3-5-16(15)23-18/h2-5,10-12,14H,6-9H2,1H3,(H,20,21,22). The Morgan fingerprint density at radius 1 is 1.04 bits per heavy atom. The molecular formula is C18H20N6. The van der Waals surface area contributed by atoms with E-state index in [4.69, 9.17) is 4.98 Å². The summed E-state index contributed by atoms with van der Waals surface area (Å²) in [6, 6.07) is 10.4. The van der Waals surface area contributed by atoms with Gasteiger partial charge in [0.25, 0.3) is 0 Å². The topological polar surface area (TPSA) is 66.8 Å². The molecule has 2 aromatic heterocycles.